The number of hydrogen-bond acceptors (Lipinski definition) is 8. The Labute approximate surface area is 207 Å². The maximum atomic E-state index is 12.7. The van der Waals surface area contributed by atoms with Crippen molar-refractivity contribution in [3.63, 3.8) is 0 Å². The van der Waals surface area contributed by atoms with Crippen LogP contribution in [0.25, 0.3) is 0 Å². The molecule has 3 aromatic rings. The Morgan fingerprint density at radius 3 is 2.79 bits per heavy atom. The fourth-order valence-electron chi connectivity index (χ4n) is 3.06. The average Bonchev–Trinajstić information content (AvgIpc) is 3.40. The summed E-state index contributed by atoms with van der Waals surface area (Å²) in [5, 5.41) is 12.4. The summed E-state index contributed by atoms with van der Waals surface area (Å²) in [6, 6.07) is 9.55. The van der Waals surface area contributed by atoms with Crippen LogP contribution in [0.15, 0.2) is 48.1 Å². The number of thioether (sulfide) groups is 1. The third-order valence-corrected chi connectivity index (χ3v) is 6.84. The summed E-state index contributed by atoms with van der Waals surface area (Å²) in [7, 11) is 0. The van der Waals surface area contributed by atoms with E-state index in [1.807, 2.05) is 42.7 Å². The molecule has 0 fully saturated rings. The number of aryl methyl sites for hydroxylation is 2. The standard InChI is InChI=1S/C24H28N4O4S2/c1-5-11-28-20(14-32-17-10-8-9-16(4)12-17)26-27-24(28)33-15-21(29)25-22-19(23(30)31-7-3)13-18(6-2)34-22/h5,8-10,12-13H,1,6-7,11,14-15H2,2-4H3,(H,25,29). The smallest absolute Gasteiger partial charge is 0.341 e. The van der Waals surface area contributed by atoms with Gasteiger partial charge in [-0.2, -0.15) is 0 Å². The number of nitrogens with zero attached hydrogens (tertiary/aromatic N) is 3. The van der Waals surface area contributed by atoms with Crippen LogP contribution in [0.5, 0.6) is 5.75 Å². The molecule has 1 amide bonds. The number of carbonyl (C=O) groups is 2. The van der Waals surface area contributed by atoms with Gasteiger partial charge in [0.25, 0.3) is 0 Å². The number of thiophene rings is 1. The van der Waals surface area contributed by atoms with Gasteiger partial charge in [-0.1, -0.05) is 36.9 Å². The molecule has 0 radical (unpaired) electrons. The van der Waals surface area contributed by atoms with E-state index in [0.29, 0.717) is 28.1 Å². The zero-order valence-electron chi connectivity index (χ0n) is 19.5. The highest BCUT2D eigenvalue weighted by molar-refractivity contribution is 7.99. The summed E-state index contributed by atoms with van der Waals surface area (Å²) in [4.78, 5) is 25.9. The van der Waals surface area contributed by atoms with Gasteiger partial charge in [0.2, 0.25) is 5.91 Å². The van der Waals surface area contributed by atoms with Crippen LogP contribution < -0.4 is 10.1 Å². The van der Waals surface area contributed by atoms with E-state index in [0.717, 1.165) is 22.6 Å². The molecule has 34 heavy (non-hydrogen) atoms. The number of ether oxygens (including phenoxy) is 2. The second-order valence-corrected chi connectivity index (χ2v) is 9.35. The van der Waals surface area contributed by atoms with E-state index in [1.54, 1.807) is 19.1 Å². The Morgan fingerprint density at radius 1 is 1.26 bits per heavy atom. The van der Waals surface area contributed by atoms with Crippen molar-refractivity contribution in [2.45, 2.75) is 45.5 Å². The highest BCUT2D eigenvalue weighted by atomic mass is 32.2. The predicted octanol–water partition coefficient (Wildman–Crippen LogP) is 4.88. The van der Waals surface area contributed by atoms with E-state index in [1.165, 1.54) is 23.1 Å². The number of carbonyl (C=O) groups excluding carboxylic acids is 2. The molecule has 2 aromatic heterocycles. The van der Waals surface area contributed by atoms with Gasteiger partial charge >= 0.3 is 5.97 Å². The van der Waals surface area contributed by atoms with Crippen LogP contribution in [0.2, 0.25) is 0 Å². The van der Waals surface area contributed by atoms with E-state index < -0.39 is 5.97 Å². The van der Waals surface area contributed by atoms with Crippen LogP contribution in [-0.2, 0) is 29.1 Å². The molecule has 3 rings (SSSR count). The van der Waals surface area contributed by atoms with Gasteiger partial charge in [-0.3, -0.25) is 9.36 Å². The van der Waals surface area contributed by atoms with Gasteiger partial charge in [0.1, 0.15) is 17.4 Å². The Kier molecular flexibility index (Phi) is 9.29. The molecular formula is C24H28N4O4S2. The first kappa shape index (κ1) is 25.5. The molecule has 1 N–H and O–H groups in total. The molecule has 0 aliphatic rings. The Bertz CT molecular complexity index is 1160. The van der Waals surface area contributed by atoms with Crippen molar-refractivity contribution in [3.05, 3.63) is 64.8 Å². The zero-order chi connectivity index (χ0) is 24.5. The van der Waals surface area contributed by atoms with Crippen LogP contribution in [0, 0.1) is 6.92 Å². The third-order valence-electron chi connectivity index (χ3n) is 4.67. The lowest BCUT2D eigenvalue weighted by atomic mass is 10.2. The first-order valence-electron chi connectivity index (χ1n) is 10.9. The molecule has 180 valence electrons. The van der Waals surface area contributed by atoms with Crippen molar-refractivity contribution in [3.8, 4) is 5.75 Å². The number of nitrogens with one attached hydrogen (secondary N) is 1. The van der Waals surface area contributed by atoms with E-state index in [2.05, 4.69) is 22.1 Å². The van der Waals surface area contributed by atoms with Crippen LogP contribution in [0.1, 0.15) is 40.5 Å². The minimum Gasteiger partial charge on any atom is -0.486 e. The van der Waals surface area contributed by atoms with Gasteiger partial charge in [0.05, 0.1) is 17.9 Å². The predicted molar refractivity (Wildman–Crippen MR) is 135 cm³/mol. The number of aromatic nitrogens is 3. The molecule has 10 heteroatoms. The highest BCUT2D eigenvalue weighted by Gasteiger charge is 2.20. The van der Waals surface area contributed by atoms with Crippen LogP contribution >= 0.6 is 23.1 Å². The van der Waals surface area contributed by atoms with Crippen LogP contribution in [0.4, 0.5) is 5.00 Å². The SMILES string of the molecule is C=CCn1c(COc2cccc(C)c2)nnc1SCC(=O)Nc1sc(CC)cc1C(=O)OCC. The lowest BCUT2D eigenvalue weighted by Crippen LogP contribution is -2.16. The minimum atomic E-state index is -0.439. The molecule has 0 saturated carbocycles. The van der Waals surface area contributed by atoms with Gasteiger partial charge in [0.15, 0.2) is 11.0 Å². The summed E-state index contributed by atoms with van der Waals surface area (Å²) < 4.78 is 12.8. The second-order valence-electron chi connectivity index (χ2n) is 7.27. The van der Waals surface area contributed by atoms with E-state index in [-0.39, 0.29) is 24.9 Å². The normalized spacial score (nSPS) is 10.7. The van der Waals surface area contributed by atoms with E-state index >= 15 is 0 Å². The monoisotopic (exact) mass is 500 g/mol. The summed E-state index contributed by atoms with van der Waals surface area (Å²) in [5.41, 5.74) is 1.49. The van der Waals surface area contributed by atoms with Crippen molar-refractivity contribution < 1.29 is 19.1 Å². The molecule has 0 atom stereocenters. The molecule has 0 bridgehead atoms. The fraction of sp³-hybridized carbons (Fsp3) is 0.333. The number of benzene rings is 1. The summed E-state index contributed by atoms with van der Waals surface area (Å²) in [6.45, 7) is 10.6. The molecule has 8 nitrogen and oxygen atoms in total. The van der Waals surface area contributed by atoms with Gasteiger partial charge in [-0.25, -0.2) is 4.79 Å². The van der Waals surface area contributed by atoms with Gasteiger partial charge in [-0.15, -0.1) is 28.1 Å². The summed E-state index contributed by atoms with van der Waals surface area (Å²) >= 11 is 2.64. The van der Waals surface area contributed by atoms with Crippen LogP contribution in [0.3, 0.4) is 0 Å². The Hall–Kier alpha value is -3.11. The highest BCUT2D eigenvalue weighted by Crippen LogP contribution is 2.30. The largest absolute Gasteiger partial charge is 0.486 e. The first-order valence-corrected chi connectivity index (χ1v) is 12.7. The van der Waals surface area contributed by atoms with Crippen molar-refractivity contribution in [1.29, 1.82) is 0 Å². The fourth-order valence-corrected chi connectivity index (χ4v) is 4.83. The second kappa shape index (κ2) is 12.4. The third kappa shape index (κ3) is 6.71. The van der Waals surface area contributed by atoms with Crippen molar-refractivity contribution in [2.75, 3.05) is 17.7 Å². The minimum absolute atomic E-state index is 0.107. The average molecular weight is 501 g/mol. The molecule has 0 spiro atoms. The lowest BCUT2D eigenvalue weighted by Gasteiger charge is -2.10. The van der Waals surface area contributed by atoms with E-state index in [4.69, 9.17) is 9.47 Å². The van der Waals surface area contributed by atoms with Crippen LogP contribution in [-0.4, -0.2) is 39.0 Å². The number of anilines is 1. The van der Waals surface area contributed by atoms with Crippen molar-refractivity contribution >= 4 is 40.0 Å². The molecule has 0 unspecified atom stereocenters. The van der Waals surface area contributed by atoms with Gasteiger partial charge < -0.3 is 14.8 Å². The maximum Gasteiger partial charge on any atom is 0.341 e. The first-order chi connectivity index (χ1) is 16.4. The van der Waals surface area contributed by atoms with E-state index in [9.17, 15) is 9.59 Å². The quantitative estimate of drug-likeness (QED) is 0.215. The van der Waals surface area contributed by atoms with Crippen molar-refractivity contribution in [2.24, 2.45) is 0 Å². The number of rotatable bonds is 12. The molecule has 0 aliphatic carbocycles. The topological polar surface area (TPSA) is 95.3 Å². The lowest BCUT2D eigenvalue weighted by molar-refractivity contribution is -0.113. The van der Waals surface area contributed by atoms with Gasteiger partial charge in [0, 0.05) is 11.4 Å². The number of amides is 1. The molecule has 1 aromatic carbocycles. The summed E-state index contributed by atoms with van der Waals surface area (Å²) in [6.07, 6.45) is 2.51. The number of esters is 1. The summed E-state index contributed by atoms with van der Waals surface area (Å²) in [5.74, 6) is 0.813. The maximum absolute atomic E-state index is 12.7. The molecular weight excluding hydrogens is 472 g/mol. The Balaban J connectivity index is 1.65. The number of hydrogen-bond donors (Lipinski definition) is 1. The number of allylic oxidation sites excluding steroid dienone is 1. The van der Waals surface area contributed by atoms with Crippen molar-refractivity contribution in [1.82, 2.24) is 14.8 Å². The Morgan fingerprint density at radius 2 is 2.09 bits per heavy atom. The molecule has 2 heterocycles. The van der Waals surface area contributed by atoms with Gasteiger partial charge in [-0.05, 0) is 44.0 Å². The zero-order valence-corrected chi connectivity index (χ0v) is 21.1. The molecule has 0 aliphatic heterocycles. The molecule has 0 saturated heterocycles.